The van der Waals surface area contributed by atoms with E-state index in [1.807, 2.05) is 0 Å². The van der Waals surface area contributed by atoms with Crippen LogP contribution in [-0.2, 0) is 11.2 Å². The number of carboxylic acids is 1. The third kappa shape index (κ3) is 2.39. The number of hydrogen-bond donors (Lipinski definition) is 1. The fraction of sp³-hybridized carbons (Fsp3) is 0.111. The Hall–Kier alpha value is -1.16. The normalized spacial score (nSPS) is 9.62. The lowest BCUT2D eigenvalue weighted by Gasteiger charge is -2.02. The van der Waals surface area contributed by atoms with Crippen LogP contribution in [0.3, 0.4) is 0 Å². The molecule has 68 valence electrons. The number of rotatable bonds is 3. The van der Waals surface area contributed by atoms with E-state index in [0.29, 0.717) is 21.9 Å². The van der Waals surface area contributed by atoms with Gasteiger partial charge in [0, 0.05) is 10.0 Å². The first-order chi connectivity index (χ1) is 6.15. The van der Waals surface area contributed by atoms with E-state index in [0.717, 1.165) is 0 Å². The fourth-order valence-corrected chi connectivity index (χ4v) is 1.49. The van der Waals surface area contributed by atoms with E-state index < -0.39 is 5.97 Å². The van der Waals surface area contributed by atoms with E-state index >= 15 is 0 Å². The van der Waals surface area contributed by atoms with Crippen LogP contribution in [0.2, 0.25) is 0 Å². The molecule has 0 unspecified atom stereocenters. The van der Waals surface area contributed by atoms with Gasteiger partial charge >= 0.3 is 5.97 Å². The summed E-state index contributed by atoms with van der Waals surface area (Å²) in [5.74, 6) is -0.913. The zero-order valence-corrected chi connectivity index (χ0v) is 8.24. The highest BCUT2D eigenvalue weighted by atomic mass is 79.9. The molecule has 1 rings (SSSR count). The molecule has 0 fully saturated rings. The topological polar surface area (TPSA) is 54.4 Å². The lowest BCUT2D eigenvalue weighted by Crippen LogP contribution is -2.01. The number of halogens is 1. The molecular weight excluding hydrogens is 236 g/mol. The summed E-state index contributed by atoms with van der Waals surface area (Å²) in [5, 5.41) is 8.55. The zero-order valence-electron chi connectivity index (χ0n) is 6.66. The van der Waals surface area contributed by atoms with Gasteiger partial charge in [-0.1, -0.05) is 18.2 Å². The van der Waals surface area contributed by atoms with Crippen LogP contribution < -0.4 is 0 Å². The van der Waals surface area contributed by atoms with Crippen molar-refractivity contribution in [2.24, 2.45) is 0 Å². The molecule has 0 atom stereocenters. The van der Waals surface area contributed by atoms with Crippen LogP contribution in [-0.4, -0.2) is 17.4 Å². The quantitative estimate of drug-likeness (QED) is 0.824. The van der Waals surface area contributed by atoms with Crippen molar-refractivity contribution >= 4 is 28.2 Å². The van der Waals surface area contributed by atoms with Crippen LogP contribution in [0.4, 0.5) is 0 Å². The molecule has 13 heavy (non-hydrogen) atoms. The second-order valence-electron chi connectivity index (χ2n) is 2.51. The molecule has 1 aromatic rings. The molecule has 0 heterocycles. The number of carboxylic acid groups (broad SMARTS) is 1. The predicted molar refractivity (Wildman–Crippen MR) is 50.9 cm³/mol. The molecule has 0 saturated heterocycles. The smallest absolute Gasteiger partial charge is 0.307 e. The van der Waals surface area contributed by atoms with Crippen LogP contribution in [0, 0.1) is 0 Å². The Balaban J connectivity index is 3.07. The second kappa shape index (κ2) is 4.18. The lowest BCUT2D eigenvalue weighted by atomic mass is 10.1. The molecule has 1 N–H and O–H groups in total. The van der Waals surface area contributed by atoms with Gasteiger partial charge in [0.05, 0.1) is 6.42 Å². The van der Waals surface area contributed by atoms with Gasteiger partial charge in [0.25, 0.3) is 0 Å². The number of carbonyl (C=O) groups is 2. The molecule has 0 radical (unpaired) electrons. The van der Waals surface area contributed by atoms with Gasteiger partial charge in [-0.2, -0.15) is 0 Å². The van der Waals surface area contributed by atoms with E-state index in [2.05, 4.69) is 15.9 Å². The molecule has 0 aromatic heterocycles. The van der Waals surface area contributed by atoms with E-state index in [1.165, 1.54) is 0 Å². The van der Waals surface area contributed by atoms with Crippen LogP contribution in [0.25, 0.3) is 0 Å². The molecule has 0 aliphatic heterocycles. The molecule has 4 heteroatoms. The maximum Gasteiger partial charge on any atom is 0.307 e. The molecular formula is C9H7BrO3. The number of aldehydes is 1. The number of benzene rings is 1. The largest absolute Gasteiger partial charge is 0.481 e. The van der Waals surface area contributed by atoms with Crippen molar-refractivity contribution in [2.45, 2.75) is 6.42 Å². The first kappa shape index (κ1) is 9.92. The van der Waals surface area contributed by atoms with E-state index in [-0.39, 0.29) is 6.42 Å². The van der Waals surface area contributed by atoms with Crippen molar-refractivity contribution in [3.05, 3.63) is 33.8 Å². The maximum atomic E-state index is 10.5. The average Bonchev–Trinajstić information content (AvgIpc) is 2.08. The van der Waals surface area contributed by atoms with E-state index in [4.69, 9.17) is 5.11 Å². The van der Waals surface area contributed by atoms with Gasteiger partial charge < -0.3 is 5.11 Å². The van der Waals surface area contributed by atoms with E-state index in [9.17, 15) is 9.59 Å². The average molecular weight is 243 g/mol. The molecule has 0 bridgehead atoms. The van der Waals surface area contributed by atoms with Crippen LogP contribution in [0.1, 0.15) is 15.9 Å². The van der Waals surface area contributed by atoms with Crippen molar-refractivity contribution in [1.82, 2.24) is 0 Å². The Kier molecular flexibility index (Phi) is 3.19. The van der Waals surface area contributed by atoms with Crippen LogP contribution in [0.15, 0.2) is 22.7 Å². The minimum atomic E-state index is -0.913. The highest BCUT2D eigenvalue weighted by Crippen LogP contribution is 2.20. The summed E-state index contributed by atoms with van der Waals surface area (Å²) in [4.78, 5) is 20.9. The molecule has 0 amide bonds. The molecule has 0 saturated carbocycles. The molecule has 0 spiro atoms. The number of carbonyl (C=O) groups excluding carboxylic acids is 1. The summed E-state index contributed by atoms with van der Waals surface area (Å²) >= 11 is 3.18. The summed E-state index contributed by atoms with van der Waals surface area (Å²) in [6.07, 6.45) is 0.609. The van der Waals surface area contributed by atoms with Crippen molar-refractivity contribution in [3.63, 3.8) is 0 Å². The van der Waals surface area contributed by atoms with Gasteiger partial charge in [0.1, 0.15) is 0 Å². The fourth-order valence-electron chi connectivity index (χ4n) is 0.990. The zero-order chi connectivity index (χ0) is 9.84. The van der Waals surface area contributed by atoms with Crippen molar-refractivity contribution in [3.8, 4) is 0 Å². The predicted octanol–water partition coefficient (Wildman–Crippen LogP) is 1.89. The minimum Gasteiger partial charge on any atom is -0.481 e. The molecule has 0 aliphatic carbocycles. The molecule has 1 aromatic carbocycles. The third-order valence-electron chi connectivity index (χ3n) is 1.58. The number of aliphatic carboxylic acids is 1. The summed E-state index contributed by atoms with van der Waals surface area (Å²) in [6, 6.07) is 4.96. The highest BCUT2D eigenvalue weighted by Gasteiger charge is 2.07. The Morgan fingerprint density at radius 3 is 2.77 bits per heavy atom. The Morgan fingerprint density at radius 2 is 2.23 bits per heavy atom. The maximum absolute atomic E-state index is 10.5. The summed E-state index contributed by atoms with van der Waals surface area (Å²) in [7, 11) is 0. The van der Waals surface area contributed by atoms with Gasteiger partial charge in [-0.3, -0.25) is 9.59 Å². The lowest BCUT2D eigenvalue weighted by molar-refractivity contribution is -0.136. The van der Waals surface area contributed by atoms with Gasteiger partial charge in [-0.25, -0.2) is 0 Å². The summed E-state index contributed by atoms with van der Waals surface area (Å²) < 4.78 is 0.562. The van der Waals surface area contributed by atoms with Crippen molar-refractivity contribution in [1.29, 1.82) is 0 Å². The third-order valence-corrected chi connectivity index (χ3v) is 2.54. The molecule has 3 nitrogen and oxygen atoms in total. The summed E-state index contributed by atoms with van der Waals surface area (Å²) in [6.45, 7) is 0. The molecule has 0 aliphatic rings. The SMILES string of the molecule is O=Cc1cccc(CC(=O)O)c1Br. The first-order valence-corrected chi connectivity index (χ1v) is 4.39. The second-order valence-corrected chi connectivity index (χ2v) is 3.30. The van der Waals surface area contributed by atoms with Gasteiger partial charge in [-0.15, -0.1) is 0 Å². The van der Waals surface area contributed by atoms with Crippen molar-refractivity contribution in [2.75, 3.05) is 0 Å². The Labute approximate surface area is 83.5 Å². The van der Waals surface area contributed by atoms with Gasteiger partial charge in [0.2, 0.25) is 0 Å². The van der Waals surface area contributed by atoms with Gasteiger partial charge in [0.15, 0.2) is 6.29 Å². The summed E-state index contributed by atoms with van der Waals surface area (Å²) in [5.41, 5.74) is 1.08. The van der Waals surface area contributed by atoms with E-state index in [1.54, 1.807) is 18.2 Å². The Morgan fingerprint density at radius 1 is 1.54 bits per heavy atom. The van der Waals surface area contributed by atoms with Crippen LogP contribution >= 0.6 is 15.9 Å². The Bertz CT molecular complexity index is 347. The van der Waals surface area contributed by atoms with Crippen LogP contribution in [0.5, 0.6) is 0 Å². The highest BCUT2D eigenvalue weighted by molar-refractivity contribution is 9.10. The monoisotopic (exact) mass is 242 g/mol. The first-order valence-electron chi connectivity index (χ1n) is 3.59. The van der Waals surface area contributed by atoms with Crippen molar-refractivity contribution < 1.29 is 14.7 Å². The standard InChI is InChI=1S/C9H7BrO3/c10-9-6(4-8(12)13)2-1-3-7(9)5-11/h1-3,5H,4H2,(H,12,13). The van der Waals surface area contributed by atoms with Gasteiger partial charge in [-0.05, 0) is 21.5 Å². The number of hydrogen-bond acceptors (Lipinski definition) is 2. The minimum absolute atomic E-state index is 0.0811.